The van der Waals surface area contributed by atoms with Crippen molar-refractivity contribution < 1.29 is 31.5 Å². The molecule has 13 heteroatoms. The molecule has 1 fully saturated rings. The molecule has 40 heavy (non-hydrogen) atoms. The molecule has 1 unspecified atom stereocenters. The largest absolute Gasteiger partial charge is 0.417 e. The van der Waals surface area contributed by atoms with Gasteiger partial charge in [0.2, 0.25) is 0 Å². The number of benzene rings is 2. The first-order valence-corrected chi connectivity index (χ1v) is 12.6. The van der Waals surface area contributed by atoms with E-state index in [9.17, 15) is 36.3 Å². The third-order valence-corrected chi connectivity index (χ3v) is 7.50. The summed E-state index contributed by atoms with van der Waals surface area (Å²) in [7, 11) is 1.46. The second-order valence-corrected chi connectivity index (χ2v) is 10.3. The number of fused-ring (bicyclic) bond motifs is 1. The maximum Gasteiger partial charge on any atom is 0.417 e. The zero-order valence-corrected chi connectivity index (χ0v) is 21.9. The van der Waals surface area contributed by atoms with Gasteiger partial charge in [-0.2, -0.15) is 13.2 Å². The Hall–Kier alpha value is -3.80. The first kappa shape index (κ1) is 27.8. The van der Waals surface area contributed by atoms with Gasteiger partial charge in [-0.15, -0.1) is 0 Å². The number of hydrogen-bond donors (Lipinski definition) is 1. The summed E-state index contributed by atoms with van der Waals surface area (Å²) in [5.41, 5.74) is -1.12. The van der Waals surface area contributed by atoms with Crippen molar-refractivity contribution in [1.82, 2.24) is 19.8 Å². The quantitative estimate of drug-likeness (QED) is 0.442. The number of nitrogens with zero attached hydrogens (tertiary/aromatic N) is 3. The summed E-state index contributed by atoms with van der Waals surface area (Å²) < 4.78 is 69.7. The van der Waals surface area contributed by atoms with E-state index in [4.69, 9.17) is 11.6 Å². The molecule has 2 amide bonds. The van der Waals surface area contributed by atoms with E-state index in [1.54, 1.807) is 6.92 Å². The van der Waals surface area contributed by atoms with Gasteiger partial charge in [-0.25, -0.2) is 13.8 Å². The zero-order chi connectivity index (χ0) is 29.1. The molecule has 5 rings (SSSR count). The van der Waals surface area contributed by atoms with E-state index in [-0.39, 0.29) is 47.2 Å². The maximum absolute atomic E-state index is 14.2. The topological polar surface area (TPSA) is 84.3 Å². The molecule has 3 aromatic rings. The van der Waals surface area contributed by atoms with Crippen molar-refractivity contribution >= 4 is 23.4 Å². The highest BCUT2D eigenvalue weighted by atomic mass is 35.5. The van der Waals surface area contributed by atoms with E-state index in [1.165, 1.54) is 42.3 Å². The van der Waals surface area contributed by atoms with Gasteiger partial charge in [0.05, 0.1) is 34.4 Å². The van der Waals surface area contributed by atoms with E-state index < -0.39 is 52.5 Å². The van der Waals surface area contributed by atoms with E-state index in [0.717, 1.165) is 10.6 Å². The molecule has 2 aromatic carbocycles. The lowest BCUT2D eigenvalue weighted by Gasteiger charge is -2.35. The number of carbonyl (C=O) groups excluding carboxylic acids is 2. The summed E-state index contributed by atoms with van der Waals surface area (Å²) in [4.78, 5) is 44.6. The van der Waals surface area contributed by atoms with Gasteiger partial charge in [-0.05, 0) is 55.8 Å². The minimum atomic E-state index is -4.77. The van der Waals surface area contributed by atoms with Crippen LogP contribution < -0.4 is 10.9 Å². The minimum Gasteiger partial charge on any atom is -0.355 e. The lowest BCUT2D eigenvalue weighted by molar-refractivity contribution is -0.137. The molecule has 0 bridgehead atoms. The number of halogens is 6. The Kier molecular flexibility index (Phi) is 6.72. The fourth-order valence-corrected chi connectivity index (χ4v) is 5.10. The van der Waals surface area contributed by atoms with Crippen LogP contribution in [0.3, 0.4) is 0 Å². The second-order valence-electron chi connectivity index (χ2n) is 9.86. The summed E-state index contributed by atoms with van der Waals surface area (Å²) in [6.45, 7) is 1.38. The number of rotatable bonds is 4. The van der Waals surface area contributed by atoms with Crippen LogP contribution in [0.1, 0.15) is 62.6 Å². The van der Waals surface area contributed by atoms with E-state index in [0.29, 0.717) is 11.6 Å². The molecule has 2 aliphatic rings. The molecule has 210 valence electrons. The predicted molar refractivity (Wildman–Crippen MR) is 135 cm³/mol. The number of carbonyl (C=O) groups is 2. The van der Waals surface area contributed by atoms with Gasteiger partial charge in [0.15, 0.2) is 0 Å². The highest BCUT2D eigenvalue weighted by molar-refractivity contribution is 6.31. The molecular weight excluding hydrogens is 559 g/mol. The third kappa shape index (κ3) is 4.85. The van der Waals surface area contributed by atoms with Crippen LogP contribution in [0.15, 0.2) is 47.3 Å². The van der Waals surface area contributed by atoms with Crippen molar-refractivity contribution in [1.29, 1.82) is 0 Å². The van der Waals surface area contributed by atoms with Crippen LogP contribution in [0.5, 0.6) is 0 Å². The second kappa shape index (κ2) is 9.69. The van der Waals surface area contributed by atoms with Gasteiger partial charge in [-0.3, -0.25) is 19.0 Å². The minimum absolute atomic E-state index is 0.00425. The van der Waals surface area contributed by atoms with Gasteiger partial charge in [0.1, 0.15) is 5.82 Å². The van der Waals surface area contributed by atoms with Gasteiger partial charge in [0, 0.05) is 36.2 Å². The van der Waals surface area contributed by atoms with Crippen LogP contribution >= 0.6 is 11.6 Å². The summed E-state index contributed by atoms with van der Waals surface area (Å²) in [6, 6.07) is 8.05. The normalized spacial score (nSPS) is 19.6. The van der Waals surface area contributed by atoms with Crippen LogP contribution in [0, 0.1) is 0 Å². The van der Waals surface area contributed by atoms with Crippen LogP contribution in [-0.4, -0.2) is 45.3 Å². The van der Waals surface area contributed by atoms with E-state index >= 15 is 0 Å². The fraction of sp³-hybridized carbons (Fsp3) is 0.333. The smallest absolute Gasteiger partial charge is 0.355 e. The maximum atomic E-state index is 14.2. The highest BCUT2D eigenvalue weighted by Crippen LogP contribution is 2.55. The lowest BCUT2D eigenvalue weighted by Crippen LogP contribution is -2.46. The van der Waals surface area contributed by atoms with Gasteiger partial charge in [0.25, 0.3) is 23.3 Å². The number of aromatic nitrogens is 2. The van der Waals surface area contributed by atoms with Crippen molar-refractivity contribution in [2.75, 3.05) is 7.05 Å². The van der Waals surface area contributed by atoms with Crippen LogP contribution in [0.4, 0.5) is 22.0 Å². The predicted octanol–water partition coefficient (Wildman–Crippen LogP) is 4.97. The number of amides is 2. The summed E-state index contributed by atoms with van der Waals surface area (Å²) >= 11 is 5.68. The van der Waals surface area contributed by atoms with Crippen LogP contribution in [0.25, 0.3) is 5.69 Å². The Bertz CT molecular complexity index is 1590. The number of alkyl halides is 5. The Labute approximate surface area is 229 Å². The molecule has 2 atom stereocenters. The van der Waals surface area contributed by atoms with Gasteiger partial charge in [-0.1, -0.05) is 11.6 Å². The monoisotopic (exact) mass is 580 g/mol. The molecule has 1 aliphatic heterocycles. The molecule has 0 saturated heterocycles. The zero-order valence-electron chi connectivity index (χ0n) is 21.2. The van der Waals surface area contributed by atoms with Crippen molar-refractivity contribution in [2.24, 2.45) is 0 Å². The molecular formula is C27H22ClF5N4O3. The summed E-state index contributed by atoms with van der Waals surface area (Å²) in [5, 5.41) is 1.92. The molecule has 7 nitrogen and oxygen atoms in total. The summed E-state index contributed by atoms with van der Waals surface area (Å²) in [6.07, 6.45) is -5.29. The van der Waals surface area contributed by atoms with Crippen molar-refractivity contribution in [3.63, 3.8) is 0 Å². The standard InChI is InChI=1S/C27H22ClF5N4O3/c1-13-9-17-21(12-36(13)24(39)15-5-8-20(28)18(10-15)27(31,32)33)35-22(19-11-26(19,29)30)37(25(17)40)16-6-3-14(4-7-16)23(38)34-2/h3-8,10,13,19H,9,11-12H2,1-2H3,(H,34,38)/t13-,19?/m1/s1. The summed E-state index contributed by atoms with van der Waals surface area (Å²) in [5.74, 6) is -5.70. The lowest BCUT2D eigenvalue weighted by atomic mass is 9.97. The first-order valence-electron chi connectivity index (χ1n) is 12.3. The SMILES string of the molecule is CNC(=O)c1ccc(-n2c(C3CC3(F)F)nc3c(c2=O)C[C@@H](C)N(C(=O)c2ccc(Cl)c(C(F)(F)F)c2)C3)cc1. The number of nitrogens with one attached hydrogen (secondary N) is 1. The van der Waals surface area contributed by atoms with Gasteiger partial charge >= 0.3 is 6.18 Å². The van der Waals surface area contributed by atoms with Crippen molar-refractivity contribution in [3.05, 3.63) is 91.6 Å². The van der Waals surface area contributed by atoms with Crippen LogP contribution in [-0.2, 0) is 19.1 Å². The molecule has 1 saturated carbocycles. The molecule has 2 heterocycles. The van der Waals surface area contributed by atoms with Crippen LogP contribution in [0.2, 0.25) is 5.02 Å². The Morgan fingerprint density at radius 2 is 1.73 bits per heavy atom. The third-order valence-electron chi connectivity index (χ3n) is 7.17. The van der Waals surface area contributed by atoms with Gasteiger partial charge < -0.3 is 10.2 Å². The Morgan fingerprint density at radius 3 is 2.30 bits per heavy atom. The Balaban J connectivity index is 1.55. The average Bonchev–Trinajstić information content (AvgIpc) is 3.55. The van der Waals surface area contributed by atoms with Crippen molar-refractivity contribution in [2.45, 2.75) is 50.4 Å². The van der Waals surface area contributed by atoms with E-state index in [1.807, 2.05) is 0 Å². The number of hydrogen-bond acceptors (Lipinski definition) is 4. The fourth-order valence-electron chi connectivity index (χ4n) is 4.87. The molecule has 1 N–H and O–H groups in total. The first-order chi connectivity index (χ1) is 18.7. The highest BCUT2D eigenvalue weighted by Gasteiger charge is 2.60. The molecule has 1 aliphatic carbocycles. The molecule has 0 radical (unpaired) electrons. The molecule has 1 aromatic heterocycles. The Morgan fingerprint density at radius 1 is 1.10 bits per heavy atom. The average molecular weight is 581 g/mol. The molecule has 0 spiro atoms. The van der Waals surface area contributed by atoms with E-state index in [2.05, 4.69) is 10.3 Å². The van der Waals surface area contributed by atoms with Crippen molar-refractivity contribution in [3.8, 4) is 5.69 Å².